The molecule has 150 valence electrons. The number of rotatable bonds is 5. The van der Waals surface area contributed by atoms with Crippen LogP contribution in [0.25, 0.3) is 16.8 Å². The maximum absolute atomic E-state index is 14.5. The molecule has 6 heteroatoms. The number of hydrogen-bond acceptors (Lipinski definition) is 3. The highest BCUT2D eigenvalue weighted by molar-refractivity contribution is 6.04. The average molecular weight is 401 g/mol. The summed E-state index contributed by atoms with van der Waals surface area (Å²) >= 11 is 0. The van der Waals surface area contributed by atoms with E-state index in [-0.39, 0.29) is 18.3 Å². The fourth-order valence-corrected chi connectivity index (χ4v) is 3.99. The number of nitrogens with zero attached hydrogens (tertiary/aromatic N) is 3. The number of ether oxygens (including phenoxy) is 1. The summed E-state index contributed by atoms with van der Waals surface area (Å²) in [7, 11) is 1.61. The molecule has 2 aromatic heterocycles. The van der Waals surface area contributed by atoms with E-state index >= 15 is 0 Å². The lowest BCUT2D eigenvalue weighted by molar-refractivity contribution is 0.0780. The number of fused-ring (bicyclic) bond motifs is 2. The first-order valence-corrected chi connectivity index (χ1v) is 9.82. The summed E-state index contributed by atoms with van der Waals surface area (Å²) in [5.41, 5.74) is 4.30. The molecular formula is C24H20FN3O2. The molecular weight excluding hydrogens is 381 g/mol. The average Bonchev–Trinajstić information content (AvgIpc) is 3.34. The van der Waals surface area contributed by atoms with Crippen LogP contribution in [0.2, 0.25) is 0 Å². The van der Waals surface area contributed by atoms with Gasteiger partial charge in [-0.3, -0.25) is 4.79 Å². The second-order valence-corrected chi connectivity index (χ2v) is 7.35. The summed E-state index contributed by atoms with van der Waals surface area (Å²) < 4.78 is 21.7. The van der Waals surface area contributed by atoms with E-state index in [1.807, 2.05) is 59.3 Å². The van der Waals surface area contributed by atoms with Crippen LogP contribution in [-0.2, 0) is 13.0 Å². The molecule has 1 amide bonds. The minimum atomic E-state index is -0.342. The first kappa shape index (κ1) is 18.4. The number of pyridine rings is 1. The van der Waals surface area contributed by atoms with Gasteiger partial charge >= 0.3 is 0 Å². The molecule has 1 aliphatic rings. The zero-order valence-corrected chi connectivity index (χ0v) is 16.5. The molecule has 0 saturated carbocycles. The van der Waals surface area contributed by atoms with Crippen LogP contribution in [0, 0.1) is 5.82 Å². The Hall–Kier alpha value is -3.67. The van der Waals surface area contributed by atoms with Gasteiger partial charge in [-0.05, 0) is 41.5 Å². The predicted molar refractivity (Wildman–Crippen MR) is 112 cm³/mol. The van der Waals surface area contributed by atoms with Gasteiger partial charge in [-0.2, -0.15) is 0 Å². The van der Waals surface area contributed by atoms with Crippen molar-refractivity contribution in [3.8, 4) is 16.9 Å². The standard InChI is InChI=1S/C24H20FN3O2/c1-30-18-7-5-16(6-8-18)19-9-10-21(25)20-15-28(24(29)23(19)20)13-11-17-14-27-12-3-2-4-22(27)26-17/h2-10,12,14H,11,13,15H2,1H3. The Labute approximate surface area is 173 Å². The zero-order valence-electron chi connectivity index (χ0n) is 16.5. The van der Waals surface area contributed by atoms with Crippen LogP contribution in [0.4, 0.5) is 4.39 Å². The van der Waals surface area contributed by atoms with Crippen LogP contribution < -0.4 is 4.74 Å². The van der Waals surface area contributed by atoms with E-state index in [2.05, 4.69) is 4.98 Å². The number of amides is 1. The number of aromatic nitrogens is 2. The molecule has 1 aliphatic heterocycles. The Morgan fingerprint density at radius 3 is 2.70 bits per heavy atom. The molecule has 0 unspecified atom stereocenters. The molecule has 0 aliphatic carbocycles. The van der Waals surface area contributed by atoms with Crippen molar-refractivity contribution in [1.82, 2.24) is 14.3 Å². The highest BCUT2D eigenvalue weighted by Gasteiger charge is 2.32. The van der Waals surface area contributed by atoms with Crippen molar-refractivity contribution in [2.45, 2.75) is 13.0 Å². The largest absolute Gasteiger partial charge is 0.497 e. The Bertz CT molecular complexity index is 1210. The van der Waals surface area contributed by atoms with E-state index in [9.17, 15) is 9.18 Å². The van der Waals surface area contributed by atoms with Gasteiger partial charge in [0.2, 0.25) is 0 Å². The number of carbonyl (C=O) groups excluding carboxylic acids is 1. The molecule has 2 aromatic carbocycles. The van der Waals surface area contributed by atoms with Crippen LogP contribution in [0.1, 0.15) is 21.6 Å². The Kier molecular flexibility index (Phi) is 4.47. The Morgan fingerprint density at radius 1 is 1.10 bits per heavy atom. The lowest BCUT2D eigenvalue weighted by Crippen LogP contribution is -2.26. The predicted octanol–water partition coefficient (Wildman–Crippen LogP) is 4.35. The van der Waals surface area contributed by atoms with Crippen molar-refractivity contribution in [2.75, 3.05) is 13.7 Å². The van der Waals surface area contributed by atoms with E-state index in [0.717, 1.165) is 28.2 Å². The van der Waals surface area contributed by atoms with Gasteiger partial charge in [0.15, 0.2) is 0 Å². The van der Waals surface area contributed by atoms with Crippen molar-refractivity contribution < 1.29 is 13.9 Å². The molecule has 5 nitrogen and oxygen atoms in total. The number of carbonyl (C=O) groups is 1. The highest BCUT2D eigenvalue weighted by Crippen LogP contribution is 2.35. The lowest BCUT2D eigenvalue weighted by atomic mass is 9.96. The molecule has 30 heavy (non-hydrogen) atoms. The SMILES string of the molecule is COc1ccc(-c2ccc(F)c3c2C(=O)N(CCc2cn4ccccc4n2)C3)cc1. The summed E-state index contributed by atoms with van der Waals surface area (Å²) in [4.78, 5) is 19.5. The van der Waals surface area contributed by atoms with Gasteiger partial charge in [0.05, 0.1) is 18.4 Å². The van der Waals surface area contributed by atoms with Gasteiger partial charge in [0.25, 0.3) is 5.91 Å². The highest BCUT2D eigenvalue weighted by atomic mass is 19.1. The molecule has 0 saturated heterocycles. The second-order valence-electron chi connectivity index (χ2n) is 7.35. The van der Waals surface area contributed by atoms with Crippen molar-refractivity contribution in [3.63, 3.8) is 0 Å². The molecule has 5 rings (SSSR count). The Balaban J connectivity index is 1.41. The molecule has 0 bridgehead atoms. The quantitative estimate of drug-likeness (QED) is 0.500. The van der Waals surface area contributed by atoms with Crippen LogP contribution >= 0.6 is 0 Å². The van der Waals surface area contributed by atoms with Crippen LogP contribution in [0.5, 0.6) is 5.75 Å². The molecule has 0 N–H and O–H groups in total. The molecule has 3 heterocycles. The minimum absolute atomic E-state index is 0.140. The third-order valence-electron chi connectivity index (χ3n) is 5.56. The number of hydrogen-bond donors (Lipinski definition) is 0. The van der Waals surface area contributed by atoms with E-state index in [1.165, 1.54) is 6.07 Å². The van der Waals surface area contributed by atoms with E-state index in [0.29, 0.717) is 24.1 Å². The third-order valence-corrected chi connectivity index (χ3v) is 5.56. The maximum atomic E-state index is 14.5. The lowest BCUT2D eigenvalue weighted by Gasteiger charge is -2.14. The first-order chi connectivity index (χ1) is 14.6. The van der Waals surface area contributed by atoms with Gasteiger partial charge in [-0.1, -0.05) is 24.3 Å². The van der Waals surface area contributed by atoms with E-state index in [1.54, 1.807) is 18.1 Å². The van der Waals surface area contributed by atoms with Gasteiger partial charge < -0.3 is 14.0 Å². The number of halogens is 1. The van der Waals surface area contributed by atoms with E-state index in [4.69, 9.17) is 4.74 Å². The summed E-state index contributed by atoms with van der Waals surface area (Å²) in [5, 5.41) is 0. The number of benzene rings is 2. The zero-order chi connectivity index (χ0) is 20.7. The smallest absolute Gasteiger partial charge is 0.255 e. The van der Waals surface area contributed by atoms with Crippen molar-refractivity contribution in [1.29, 1.82) is 0 Å². The van der Waals surface area contributed by atoms with Gasteiger partial charge in [0, 0.05) is 37.5 Å². The second kappa shape index (κ2) is 7.30. The molecule has 4 aromatic rings. The van der Waals surface area contributed by atoms with Gasteiger partial charge in [0.1, 0.15) is 17.2 Å². The topological polar surface area (TPSA) is 46.8 Å². The van der Waals surface area contributed by atoms with Gasteiger partial charge in [-0.15, -0.1) is 0 Å². The summed E-state index contributed by atoms with van der Waals surface area (Å²) in [6.07, 6.45) is 4.52. The summed E-state index contributed by atoms with van der Waals surface area (Å²) in [5.74, 6) is 0.253. The van der Waals surface area contributed by atoms with Crippen molar-refractivity contribution in [2.24, 2.45) is 0 Å². The third kappa shape index (κ3) is 3.10. The molecule has 0 fully saturated rings. The monoisotopic (exact) mass is 401 g/mol. The molecule has 0 atom stereocenters. The fourth-order valence-electron chi connectivity index (χ4n) is 3.99. The minimum Gasteiger partial charge on any atom is -0.497 e. The number of methoxy groups -OCH3 is 1. The fraction of sp³-hybridized carbons (Fsp3) is 0.167. The van der Waals surface area contributed by atoms with E-state index < -0.39 is 0 Å². The Morgan fingerprint density at radius 2 is 1.93 bits per heavy atom. The summed E-state index contributed by atoms with van der Waals surface area (Å²) in [6, 6.07) is 16.4. The van der Waals surface area contributed by atoms with Crippen molar-refractivity contribution in [3.05, 3.63) is 89.6 Å². The summed E-state index contributed by atoms with van der Waals surface area (Å²) in [6.45, 7) is 0.760. The van der Waals surface area contributed by atoms with Crippen molar-refractivity contribution >= 4 is 11.6 Å². The van der Waals surface area contributed by atoms with Gasteiger partial charge in [-0.25, -0.2) is 9.37 Å². The van der Waals surface area contributed by atoms with Crippen LogP contribution in [-0.4, -0.2) is 33.8 Å². The molecule has 0 spiro atoms. The van der Waals surface area contributed by atoms with Crippen LogP contribution in [0.15, 0.2) is 67.0 Å². The molecule has 0 radical (unpaired) electrons. The first-order valence-electron chi connectivity index (χ1n) is 9.82. The number of imidazole rings is 1. The van der Waals surface area contributed by atoms with Crippen LogP contribution in [0.3, 0.4) is 0 Å². The maximum Gasteiger partial charge on any atom is 0.255 e. The normalized spacial score (nSPS) is 13.1.